The molecule has 0 bridgehead atoms. The van der Waals surface area contributed by atoms with Gasteiger partial charge in [0.1, 0.15) is 5.75 Å². The molecule has 1 heterocycles. The Morgan fingerprint density at radius 2 is 2.06 bits per heavy atom. The van der Waals surface area contributed by atoms with Crippen LogP contribution in [0.3, 0.4) is 0 Å². The number of hydrogen-bond acceptors (Lipinski definition) is 4. The number of esters is 1. The largest absolute Gasteiger partial charge is 0.426 e. The van der Waals surface area contributed by atoms with Crippen molar-refractivity contribution in [2.75, 3.05) is 7.11 Å². The molecule has 0 radical (unpaired) electrons. The van der Waals surface area contributed by atoms with Gasteiger partial charge in [-0.2, -0.15) is 5.48 Å². The molecule has 1 atom stereocenters. The zero-order valence-electron chi connectivity index (χ0n) is 9.61. The molecule has 2 rings (SSSR count). The van der Waals surface area contributed by atoms with Gasteiger partial charge in [0.25, 0.3) is 0 Å². The van der Waals surface area contributed by atoms with Crippen molar-refractivity contribution < 1.29 is 14.4 Å². The summed E-state index contributed by atoms with van der Waals surface area (Å²) in [6.45, 7) is 3.67. The maximum atomic E-state index is 11.8. The summed E-state index contributed by atoms with van der Waals surface area (Å²) >= 11 is 0. The number of carbonyl (C=O) groups excluding carboxylic acids is 1. The minimum atomic E-state index is -0.648. The maximum Gasteiger partial charge on any atom is 0.318 e. The van der Waals surface area contributed by atoms with Crippen LogP contribution in [0.25, 0.3) is 0 Å². The smallest absolute Gasteiger partial charge is 0.318 e. The van der Waals surface area contributed by atoms with Crippen molar-refractivity contribution in [3.8, 4) is 5.75 Å². The van der Waals surface area contributed by atoms with Crippen LogP contribution in [0.2, 0.25) is 0 Å². The third-order valence-electron chi connectivity index (χ3n) is 2.92. The Morgan fingerprint density at radius 1 is 1.38 bits per heavy atom. The molecule has 1 unspecified atom stereocenters. The van der Waals surface area contributed by atoms with E-state index in [4.69, 9.17) is 9.57 Å². The lowest BCUT2D eigenvalue weighted by Crippen LogP contribution is -2.45. The minimum absolute atomic E-state index is 0.199. The Balaban J connectivity index is 2.49. The number of hydrogen-bond donors (Lipinski definition) is 1. The normalized spacial score (nSPS) is 22.4. The number of carbonyl (C=O) groups is 1. The first kappa shape index (κ1) is 11.1. The Morgan fingerprint density at radius 3 is 2.75 bits per heavy atom. The molecule has 0 aliphatic carbocycles. The van der Waals surface area contributed by atoms with E-state index in [1.807, 2.05) is 32.0 Å². The zero-order chi connectivity index (χ0) is 11.8. The second-order valence-electron chi connectivity index (χ2n) is 4.40. The highest BCUT2D eigenvalue weighted by atomic mass is 16.6. The van der Waals surface area contributed by atoms with E-state index in [1.54, 1.807) is 13.2 Å². The second-order valence-corrected chi connectivity index (χ2v) is 4.40. The average Bonchev–Trinajstić information content (AvgIpc) is 2.25. The molecule has 0 amide bonds. The molecule has 1 aliphatic heterocycles. The summed E-state index contributed by atoms with van der Waals surface area (Å²) in [5.74, 6) is 0.349. The first-order chi connectivity index (χ1) is 7.57. The standard InChI is InChI=1S/C12H15NO3/c1-12(2)10(13-15-3)8-6-4-5-7-9(8)16-11(12)14/h4-7,10,13H,1-3H3. The number of nitrogens with one attached hydrogen (secondary N) is 1. The van der Waals surface area contributed by atoms with E-state index < -0.39 is 5.41 Å². The fourth-order valence-corrected chi connectivity index (χ4v) is 1.88. The molecule has 1 N–H and O–H groups in total. The molecule has 1 aliphatic rings. The van der Waals surface area contributed by atoms with Crippen molar-refractivity contribution in [1.82, 2.24) is 5.48 Å². The Labute approximate surface area is 94.5 Å². The van der Waals surface area contributed by atoms with E-state index in [1.165, 1.54) is 0 Å². The third kappa shape index (κ3) is 1.60. The number of hydroxylamine groups is 1. The Hall–Kier alpha value is -1.39. The summed E-state index contributed by atoms with van der Waals surface area (Å²) in [4.78, 5) is 16.8. The molecule has 16 heavy (non-hydrogen) atoms. The molecule has 0 spiro atoms. The van der Waals surface area contributed by atoms with Gasteiger partial charge in [-0.05, 0) is 19.9 Å². The van der Waals surface area contributed by atoms with Gasteiger partial charge in [0.2, 0.25) is 0 Å². The van der Waals surface area contributed by atoms with E-state index in [0.717, 1.165) is 5.56 Å². The predicted octanol–water partition coefficient (Wildman–Crippen LogP) is 1.82. The summed E-state index contributed by atoms with van der Waals surface area (Å²) in [7, 11) is 1.54. The van der Waals surface area contributed by atoms with Crippen LogP contribution in [0.15, 0.2) is 24.3 Å². The van der Waals surface area contributed by atoms with Crippen LogP contribution in [0, 0.1) is 5.41 Å². The average molecular weight is 221 g/mol. The minimum Gasteiger partial charge on any atom is -0.426 e. The summed E-state index contributed by atoms with van der Waals surface area (Å²) in [6.07, 6.45) is 0. The van der Waals surface area contributed by atoms with Crippen molar-refractivity contribution in [3.63, 3.8) is 0 Å². The molecule has 1 aromatic carbocycles. The molecular weight excluding hydrogens is 206 g/mol. The lowest BCUT2D eigenvalue weighted by Gasteiger charge is -2.37. The van der Waals surface area contributed by atoms with Gasteiger partial charge in [-0.3, -0.25) is 4.79 Å². The Bertz CT molecular complexity index is 414. The van der Waals surface area contributed by atoms with Gasteiger partial charge in [-0.25, -0.2) is 0 Å². The van der Waals surface area contributed by atoms with Crippen LogP contribution in [0.5, 0.6) is 5.75 Å². The highest BCUT2D eigenvalue weighted by Crippen LogP contribution is 2.43. The molecule has 4 nitrogen and oxygen atoms in total. The van der Waals surface area contributed by atoms with Gasteiger partial charge in [0, 0.05) is 5.56 Å². The molecule has 0 saturated carbocycles. The highest BCUT2D eigenvalue weighted by Gasteiger charge is 2.44. The summed E-state index contributed by atoms with van der Waals surface area (Å²) < 4.78 is 5.29. The lowest BCUT2D eigenvalue weighted by atomic mass is 9.79. The van der Waals surface area contributed by atoms with Crippen molar-refractivity contribution in [1.29, 1.82) is 0 Å². The van der Waals surface area contributed by atoms with E-state index in [0.29, 0.717) is 5.75 Å². The van der Waals surface area contributed by atoms with E-state index in [2.05, 4.69) is 5.48 Å². The summed E-state index contributed by atoms with van der Waals surface area (Å²) in [5.41, 5.74) is 3.15. The van der Waals surface area contributed by atoms with Crippen LogP contribution >= 0.6 is 0 Å². The number of ether oxygens (including phenoxy) is 1. The van der Waals surface area contributed by atoms with Crippen LogP contribution in [0.1, 0.15) is 25.5 Å². The molecular formula is C12H15NO3. The molecule has 0 saturated heterocycles. The van der Waals surface area contributed by atoms with E-state index >= 15 is 0 Å². The number of para-hydroxylation sites is 1. The molecule has 4 heteroatoms. The number of fused-ring (bicyclic) bond motifs is 1. The summed E-state index contributed by atoms with van der Waals surface area (Å²) in [5, 5.41) is 0. The first-order valence-corrected chi connectivity index (χ1v) is 5.17. The Kier molecular flexibility index (Phi) is 2.69. The maximum absolute atomic E-state index is 11.8. The first-order valence-electron chi connectivity index (χ1n) is 5.17. The van der Waals surface area contributed by atoms with Crippen LogP contribution in [-0.4, -0.2) is 13.1 Å². The third-order valence-corrected chi connectivity index (χ3v) is 2.92. The molecule has 0 aromatic heterocycles. The predicted molar refractivity (Wildman–Crippen MR) is 58.7 cm³/mol. The SMILES string of the molecule is CONC1c2ccccc2OC(=O)C1(C)C. The van der Waals surface area contributed by atoms with Crippen molar-refractivity contribution in [2.24, 2.45) is 5.41 Å². The van der Waals surface area contributed by atoms with E-state index in [9.17, 15) is 4.79 Å². The molecule has 0 fully saturated rings. The number of benzene rings is 1. The van der Waals surface area contributed by atoms with Gasteiger partial charge in [-0.15, -0.1) is 0 Å². The van der Waals surface area contributed by atoms with Gasteiger partial charge >= 0.3 is 5.97 Å². The zero-order valence-corrected chi connectivity index (χ0v) is 9.61. The van der Waals surface area contributed by atoms with Crippen LogP contribution < -0.4 is 10.2 Å². The lowest BCUT2D eigenvalue weighted by molar-refractivity contribution is -0.151. The summed E-state index contributed by atoms with van der Waals surface area (Å²) in [6, 6.07) is 7.27. The molecule has 86 valence electrons. The van der Waals surface area contributed by atoms with Gasteiger partial charge in [0.15, 0.2) is 0 Å². The van der Waals surface area contributed by atoms with Crippen LogP contribution in [0.4, 0.5) is 0 Å². The van der Waals surface area contributed by atoms with Gasteiger partial charge in [-0.1, -0.05) is 18.2 Å². The molecule has 1 aromatic rings. The monoisotopic (exact) mass is 221 g/mol. The fraction of sp³-hybridized carbons (Fsp3) is 0.417. The van der Waals surface area contributed by atoms with Crippen molar-refractivity contribution >= 4 is 5.97 Å². The van der Waals surface area contributed by atoms with Crippen molar-refractivity contribution in [3.05, 3.63) is 29.8 Å². The quantitative estimate of drug-likeness (QED) is 0.470. The van der Waals surface area contributed by atoms with Gasteiger partial charge < -0.3 is 9.57 Å². The second kappa shape index (κ2) is 3.88. The van der Waals surface area contributed by atoms with Gasteiger partial charge in [0.05, 0.1) is 18.6 Å². The topological polar surface area (TPSA) is 47.6 Å². The van der Waals surface area contributed by atoms with Crippen LogP contribution in [-0.2, 0) is 9.63 Å². The van der Waals surface area contributed by atoms with Crippen molar-refractivity contribution in [2.45, 2.75) is 19.9 Å². The fourth-order valence-electron chi connectivity index (χ4n) is 1.88. The highest BCUT2D eigenvalue weighted by molar-refractivity contribution is 5.82. The van der Waals surface area contributed by atoms with E-state index in [-0.39, 0.29) is 12.0 Å². The number of rotatable bonds is 2.